The number of methoxy groups -OCH3 is 1. The van der Waals surface area contributed by atoms with Gasteiger partial charge in [-0.25, -0.2) is 14.4 Å². The number of amides is 1. The first-order chi connectivity index (χ1) is 17.1. The van der Waals surface area contributed by atoms with Gasteiger partial charge in [-0.15, -0.1) is 0 Å². The predicted molar refractivity (Wildman–Crippen MR) is 135 cm³/mol. The van der Waals surface area contributed by atoms with Crippen molar-refractivity contribution in [3.05, 3.63) is 59.8 Å². The number of aromatic nitrogens is 2. The molecule has 1 N–H and O–H groups in total. The molecule has 2 aromatic heterocycles. The molecule has 8 heteroatoms. The minimum atomic E-state index is -0.277. The smallest absolute Gasteiger partial charge is 0.269 e. The molecule has 1 saturated heterocycles. The van der Waals surface area contributed by atoms with Gasteiger partial charge in [-0.3, -0.25) is 9.69 Å². The van der Waals surface area contributed by atoms with Gasteiger partial charge in [0.15, 0.2) is 0 Å². The average molecular weight is 478 g/mol. The van der Waals surface area contributed by atoms with E-state index < -0.39 is 0 Å². The molecule has 5 rings (SSSR count). The Morgan fingerprint density at radius 2 is 1.94 bits per heavy atom. The number of piperazine rings is 1. The summed E-state index contributed by atoms with van der Waals surface area (Å²) in [7, 11) is 3.21. The van der Waals surface area contributed by atoms with Crippen LogP contribution in [-0.4, -0.2) is 67.2 Å². The third kappa shape index (κ3) is 4.93. The number of carbonyl (C=O) groups excluding carboxylic acids is 1. The Morgan fingerprint density at radius 3 is 2.66 bits per heavy atom. The van der Waals surface area contributed by atoms with Crippen LogP contribution in [-0.2, 0) is 0 Å². The van der Waals surface area contributed by atoms with E-state index in [2.05, 4.69) is 26.2 Å². The molecular formula is C27H32FN5O2. The Hall–Kier alpha value is -3.26. The van der Waals surface area contributed by atoms with Crippen molar-refractivity contribution in [2.24, 2.45) is 0 Å². The molecule has 3 heterocycles. The van der Waals surface area contributed by atoms with Gasteiger partial charge in [-0.05, 0) is 55.0 Å². The molecule has 0 bridgehead atoms. The molecule has 35 heavy (non-hydrogen) atoms. The third-order valence-electron chi connectivity index (χ3n) is 7.44. The maximum atomic E-state index is 13.8. The molecule has 2 atom stereocenters. The molecule has 3 aromatic rings. The molecule has 184 valence electrons. The number of rotatable bonds is 5. The topological polar surface area (TPSA) is 70.6 Å². The second-order valence-electron chi connectivity index (χ2n) is 9.44. The van der Waals surface area contributed by atoms with Gasteiger partial charge in [0.2, 0.25) is 5.88 Å². The minimum absolute atomic E-state index is 0.168. The first-order valence-electron chi connectivity index (χ1n) is 12.4. The number of nitrogens with one attached hydrogen (secondary N) is 1. The lowest BCUT2D eigenvalue weighted by Gasteiger charge is -2.43. The standard InChI is InChI=1S/C27H32FN5O2/c1-29-26(34)24-9-8-22(17-30-24)33-12-10-32(11-13-33)21-5-3-4-19(14-21)25-15-18-6-7-20(28)16-23(18)27(31-25)35-2/h6-9,15-17,19,21H,3-5,10-14H2,1-2H3,(H,29,34). The van der Waals surface area contributed by atoms with E-state index in [0.29, 0.717) is 23.5 Å². The molecule has 2 aliphatic rings. The number of ether oxygens (including phenoxy) is 1. The van der Waals surface area contributed by atoms with Crippen molar-refractivity contribution < 1.29 is 13.9 Å². The predicted octanol–water partition coefficient (Wildman–Crippen LogP) is 3.99. The highest BCUT2D eigenvalue weighted by atomic mass is 19.1. The van der Waals surface area contributed by atoms with Crippen LogP contribution in [0, 0.1) is 5.82 Å². The quantitative estimate of drug-likeness (QED) is 0.599. The van der Waals surface area contributed by atoms with Gasteiger partial charge in [0.25, 0.3) is 5.91 Å². The fourth-order valence-electron chi connectivity index (χ4n) is 5.52. The molecule has 1 saturated carbocycles. The number of benzene rings is 1. The SMILES string of the molecule is CNC(=O)c1ccc(N2CCN(C3CCCC(c4cc5ccc(F)cc5c(OC)n4)C3)CC2)cn1. The Kier molecular flexibility index (Phi) is 6.81. The van der Waals surface area contributed by atoms with E-state index in [9.17, 15) is 9.18 Å². The Morgan fingerprint density at radius 1 is 1.11 bits per heavy atom. The fraction of sp³-hybridized carbons (Fsp3) is 0.444. The third-order valence-corrected chi connectivity index (χ3v) is 7.44. The molecule has 1 aliphatic heterocycles. The van der Waals surface area contributed by atoms with Crippen LogP contribution < -0.4 is 15.0 Å². The van der Waals surface area contributed by atoms with E-state index in [1.54, 1.807) is 26.4 Å². The zero-order chi connectivity index (χ0) is 24.4. The van der Waals surface area contributed by atoms with Gasteiger partial charge in [0.05, 0.1) is 19.0 Å². The summed E-state index contributed by atoms with van der Waals surface area (Å²) in [6.45, 7) is 3.89. The second kappa shape index (κ2) is 10.2. The highest BCUT2D eigenvalue weighted by molar-refractivity contribution is 5.92. The summed E-state index contributed by atoms with van der Waals surface area (Å²) in [6, 6.07) is 11.2. The normalized spacial score (nSPS) is 21.2. The lowest BCUT2D eigenvalue weighted by Crippen LogP contribution is -2.51. The largest absolute Gasteiger partial charge is 0.481 e. The minimum Gasteiger partial charge on any atom is -0.481 e. The number of pyridine rings is 2. The number of halogens is 1. The lowest BCUT2D eigenvalue weighted by atomic mass is 9.82. The summed E-state index contributed by atoms with van der Waals surface area (Å²) < 4.78 is 19.3. The van der Waals surface area contributed by atoms with Gasteiger partial charge in [-0.1, -0.05) is 12.5 Å². The number of fused-ring (bicyclic) bond motifs is 1. The highest BCUT2D eigenvalue weighted by Crippen LogP contribution is 2.37. The number of nitrogens with zero attached hydrogens (tertiary/aromatic N) is 4. The van der Waals surface area contributed by atoms with E-state index in [1.165, 1.54) is 25.0 Å². The van der Waals surface area contributed by atoms with Gasteiger partial charge in [0.1, 0.15) is 11.5 Å². The van der Waals surface area contributed by atoms with Crippen molar-refractivity contribution in [2.45, 2.75) is 37.6 Å². The van der Waals surface area contributed by atoms with Crippen molar-refractivity contribution in [3.63, 3.8) is 0 Å². The van der Waals surface area contributed by atoms with Crippen LogP contribution in [0.4, 0.5) is 10.1 Å². The summed E-state index contributed by atoms with van der Waals surface area (Å²) in [5.74, 6) is 0.430. The highest BCUT2D eigenvalue weighted by Gasteiger charge is 2.31. The number of hydrogen-bond acceptors (Lipinski definition) is 6. The van der Waals surface area contributed by atoms with Crippen LogP contribution in [0.3, 0.4) is 0 Å². The van der Waals surface area contributed by atoms with E-state index in [0.717, 1.165) is 61.2 Å². The van der Waals surface area contributed by atoms with Crippen LogP contribution in [0.5, 0.6) is 5.88 Å². The van der Waals surface area contributed by atoms with Crippen molar-refractivity contribution in [3.8, 4) is 5.88 Å². The van der Waals surface area contributed by atoms with E-state index >= 15 is 0 Å². The molecule has 7 nitrogen and oxygen atoms in total. The maximum Gasteiger partial charge on any atom is 0.269 e. The van der Waals surface area contributed by atoms with Crippen molar-refractivity contribution in [1.29, 1.82) is 0 Å². The number of anilines is 1. The van der Waals surface area contributed by atoms with E-state index in [-0.39, 0.29) is 11.7 Å². The molecule has 0 radical (unpaired) electrons. The summed E-state index contributed by atoms with van der Waals surface area (Å²) in [5, 5.41) is 4.30. The first-order valence-corrected chi connectivity index (χ1v) is 12.4. The molecule has 2 fully saturated rings. The van der Waals surface area contributed by atoms with Gasteiger partial charge in [-0.2, -0.15) is 0 Å². The number of hydrogen-bond donors (Lipinski definition) is 1. The molecule has 0 spiro atoms. The zero-order valence-electron chi connectivity index (χ0n) is 20.3. The van der Waals surface area contributed by atoms with Crippen molar-refractivity contribution in [2.75, 3.05) is 45.2 Å². The summed E-state index contributed by atoms with van der Waals surface area (Å²) in [5.41, 5.74) is 2.54. The van der Waals surface area contributed by atoms with Crippen LogP contribution >= 0.6 is 0 Å². The zero-order valence-corrected chi connectivity index (χ0v) is 20.3. The summed E-state index contributed by atoms with van der Waals surface area (Å²) in [6.07, 6.45) is 6.36. The fourth-order valence-corrected chi connectivity index (χ4v) is 5.52. The van der Waals surface area contributed by atoms with Crippen molar-refractivity contribution >= 4 is 22.4 Å². The van der Waals surface area contributed by atoms with Gasteiger partial charge >= 0.3 is 0 Å². The molecule has 1 aromatic carbocycles. The Balaban J connectivity index is 1.24. The molecular weight excluding hydrogens is 445 g/mol. The van der Waals surface area contributed by atoms with Gasteiger partial charge < -0.3 is 15.0 Å². The maximum absolute atomic E-state index is 13.8. The molecule has 1 amide bonds. The summed E-state index contributed by atoms with van der Waals surface area (Å²) in [4.78, 5) is 25.8. The first kappa shape index (κ1) is 23.5. The second-order valence-corrected chi connectivity index (χ2v) is 9.44. The van der Waals surface area contributed by atoms with Crippen LogP contribution in [0.25, 0.3) is 10.8 Å². The van der Waals surface area contributed by atoms with Crippen LogP contribution in [0.1, 0.15) is 47.8 Å². The van der Waals surface area contributed by atoms with Crippen LogP contribution in [0.2, 0.25) is 0 Å². The monoisotopic (exact) mass is 477 g/mol. The summed E-state index contributed by atoms with van der Waals surface area (Å²) >= 11 is 0. The number of carbonyl (C=O) groups is 1. The molecule has 2 unspecified atom stereocenters. The Labute approximate surface area is 205 Å². The lowest BCUT2D eigenvalue weighted by molar-refractivity contribution is 0.0958. The van der Waals surface area contributed by atoms with Crippen molar-refractivity contribution in [1.82, 2.24) is 20.2 Å². The van der Waals surface area contributed by atoms with E-state index in [4.69, 9.17) is 9.72 Å². The van der Waals surface area contributed by atoms with Crippen LogP contribution in [0.15, 0.2) is 42.6 Å². The Bertz CT molecular complexity index is 1190. The average Bonchev–Trinajstić information content (AvgIpc) is 2.92. The molecule has 1 aliphatic carbocycles. The van der Waals surface area contributed by atoms with Gasteiger partial charge in [0, 0.05) is 56.3 Å². The van der Waals surface area contributed by atoms with E-state index in [1.807, 2.05) is 12.1 Å².